The smallest absolute Gasteiger partial charge is 0.0468 e. The maximum absolute atomic E-state index is 2.44. The molecule has 0 bridgehead atoms. The Morgan fingerprint density at radius 3 is 1.07 bits per heavy atom. The van der Waals surface area contributed by atoms with Crippen LogP contribution < -0.4 is 4.90 Å². The van der Waals surface area contributed by atoms with Crippen molar-refractivity contribution in [2.24, 2.45) is 0 Å². The molecule has 0 amide bonds. The molecular formula is C55H39N. The maximum Gasteiger partial charge on any atom is 0.0468 e. The number of nitrogens with zero attached hydrogens (tertiary/aromatic N) is 1. The second kappa shape index (κ2) is 14.2. The highest BCUT2D eigenvalue weighted by Crippen LogP contribution is 2.54. The van der Waals surface area contributed by atoms with Crippen molar-refractivity contribution in [1.82, 2.24) is 0 Å². The number of anilines is 3. The van der Waals surface area contributed by atoms with E-state index >= 15 is 0 Å². The molecule has 10 rings (SSSR count). The van der Waals surface area contributed by atoms with Gasteiger partial charge in [0.25, 0.3) is 0 Å². The summed E-state index contributed by atoms with van der Waals surface area (Å²) in [7, 11) is 0. The SMILES string of the molecule is Cc1cccc(N(c2ccccc2)c2ccc3c(-c4ccccc4)c4c(-c5ccccc5)c5ccccc5c(-c5ccccc5)c4c(-c4ccccc4)c3c2)c1. The molecular weight excluding hydrogens is 675 g/mol. The molecule has 0 N–H and O–H groups in total. The molecule has 1 nitrogen and oxygen atoms in total. The van der Waals surface area contributed by atoms with Gasteiger partial charge in [0.2, 0.25) is 0 Å². The molecule has 0 heterocycles. The zero-order chi connectivity index (χ0) is 37.4. The standard InChI is InChI=1S/C55H39N/c1-38-20-19-31-44(36-38)56(43-29-15-6-16-30-43)45-34-35-48-49(37-45)53(42-27-13-5-14-28-42)55-51(40-23-9-3-10-24-40)47-33-18-17-32-46(47)50(39-21-7-2-8-22-39)54(55)52(48)41-25-11-4-12-26-41/h2-37H,1H3. The Kier molecular flexibility index (Phi) is 8.46. The minimum atomic E-state index is 1.11. The van der Waals surface area contributed by atoms with Crippen LogP contribution in [0, 0.1) is 6.92 Å². The zero-order valence-corrected chi connectivity index (χ0v) is 31.2. The van der Waals surface area contributed by atoms with Crippen molar-refractivity contribution in [3.05, 3.63) is 224 Å². The highest BCUT2D eigenvalue weighted by Gasteiger charge is 2.26. The van der Waals surface area contributed by atoms with Crippen molar-refractivity contribution in [1.29, 1.82) is 0 Å². The van der Waals surface area contributed by atoms with Crippen LogP contribution in [0.25, 0.3) is 76.8 Å². The van der Waals surface area contributed by atoms with Gasteiger partial charge in [0.1, 0.15) is 0 Å². The van der Waals surface area contributed by atoms with Crippen LogP contribution in [0.3, 0.4) is 0 Å². The fourth-order valence-electron chi connectivity index (χ4n) is 8.71. The van der Waals surface area contributed by atoms with E-state index in [-0.39, 0.29) is 0 Å². The lowest BCUT2D eigenvalue weighted by Crippen LogP contribution is -2.10. The molecule has 0 atom stereocenters. The number of hydrogen-bond acceptors (Lipinski definition) is 1. The largest absolute Gasteiger partial charge is 0.310 e. The maximum atomic E-state index is 2.44. The molecule has 0 aliphatic carbocycles. The van der Waals surface area contributed by atoms with Gasteiger partial charge in [-0.2, -0.15) is 0 Å². The fraction of sp³-hybridized carbons (Fsp3) is 0.0182. The molecule has 0 saturated heterocycles. The summed E-state index contributed by atoms with van der Waals surface area (Å²) in [5.41, 5.74) is 14.3. The molecule has 10 aromatic carbocycles. The molecule has 56 heavy (non-hydrogen) atoms. The molecule has 0 unspecified atom stereocenters. The van der Waals surface area contributed by atoms with Gasteiger partial charge in [0.15, 0.2) is 0 Å². The van der Waals surface area contributed by atoms with Gasteiger partial charge in [-0.25, -0.2) is 0 Å². The summed E-state index contributed by atoms with van der Waals surface area (Å²) in [6.07, 6.45) is 0. The van der Waals surface area contributed by atoms with Crippen molar-refractivity contribution in [3.63, 3.8) is 0 Å². The Morgan fingerprint density at radius 1 is 0.268 bits per heavy atom. The first-order valence-corrected chi connectivity index (χ1v) is 19.4. The van der Waals surface area contributed by atoms with E-state index in [0.717, 1.165) is 17.1 Å². The zero-order valence-electron chi connectivity index (χ0n) is 31.2. The van der Waals surface area contributed by atoms with Crippen LogP contribution in [-0.4, -0.2) is 0 Å². The predicted octanol–water partition coefficient (Wildman–Crippen LogP) is 15.6. The van der Waals surface area contributed by atoms with Gasteiger partial charge in [-0.15, -0.1) is 0 Å². The molecule has 0 aliphatic rings. The third-order valence-corrected chi connectivity index (χ3v) is 11.0. The first kappa shape index (κ1) is 33.4. The minimum Gasteiger partial charge on any atom is -0.310 e. The van der Waals surface area contributed by atoms with Gasteiger partial charge in [-0.1, -0.05) is 182 Å². The van der Waals surface area contributed by atoms with Crippen LogP contribution in [0.15, 0.2) is 218 Å². The second-order valence-corrected chi connectivity index (χ2v) is 14.5. The molecule has 0 spiro atoms. The summed E-state index contributed by atoms with van der Waals surface area (Å²) < 4.78 is 0. The number of aryl methyl sites for hydroxylation is 1. The van der Waals surface area contributed by atoms with Gasteiger partial charge >= 0.3 is 0 Å². The molecule has 0 saturated carbocycles. The van der Waals surface area contributed by atoms with Gasteiger partial charge < -0.3 is 4.90 Å². The first-order chi connectivity index (χ1) is 27.7. The van der Waals surface area contributed by atoms with Crippen molar-refractivity contribution in [3.8, 4) is 44.5 Å². The van der Waals surface area contributed by atoms with E-state index in [9.17, 15) is 0 Å². The van der Waals surface area contributed by atoms with Gasteiger partial charge in [-0.3, -0.25) is 0 Å². The Balaban J connectivity index is 1.48. The summed E-state index contributed by atoms with van der Waals surface area (Å²) in [6, 6.07) is 79.7. The monoisotopic (exact) mass is 713 g/mol. The van der Waals surface area contributed by atoms with Gasteiger partial charge in [0.05, 0.1) is 0 Å². The predicted molar refractivity (Wildman–Crippen MR) is 240 cm³/mol. The van der Waals surface area contributed by atoms with E-state index in [0.29, 0.717) is 0 Å². The van der Waals surface area contributed by atoms with E-state index in [1.165, 1.54) is 82.4 Å². The average molecular weight is 714 g/mol. The molecule has 1 heteroatoms. The molecule has 10 aromatic rings. The summed E-state index contributed by atoms with van der Waals surface area (Å²) in [5, 5.41) is 7.42. The van der Waals surface area contributed by atoms with Crippen LogP contribution in [0.5, 0.6) is 0 Å². The number of para-hydroxylation sites is 1. The van der Waals surface area contributed by atoms with E-state index in [1.807, 2.05) is 0 Å². The highest BCUT2D eigenvalue weighted by molar-refractivity contribution is 6.34. The highest BCUT2D eigenvalue weighted by atomic mass is 15.1. The van der Waals surface area contributed by atoms with Crippen molar-refractivity contribution in [2.45, 2.75) is 6.92 Å². The Labute approximate surface area is 328 Å². The van der Waals surface area contributed by atoms with Gasteiger partial charge in [-0.05, 0) is 126 Å². The van der Waals surface area contributed by atoms with Crippen LogP contribution in [0.2, 0.25) is 0 Å². The van der Waals surface area contributed by atoms with E-state index in [4.69, 9.17) is 0 Å². The fourth-order valence-corrected chi connectivity index (χ4v) is 8.71. The van der Waals surface area contributed by atoms with Crippen LogP contribution in [0.4, 0.5) is 17.1 Å². The lowest BCUT2D eigenvalue weighted by molar-refractivity contribution is 1.28. The summed E-state index contributed by atoms with van der Waals surface area (Å²) in [6.45, 7) is 2.17. The third-order valence-electron chi connectivity index (χ3n) is 11.0. The number of hydrogen-bond donors (Lipinski definition) is 0. The molecule has 0 fully saturated rings. The number of fused-ring (bicyclic) bond motifs is 3. The van der Waals surface area contributed by atoms with Crippen LogP contribution in [0.1, 0.15) is 5.56 Å². The Morgan fingerprint density at radius 2 is 0.625 bits per heavy atom. The lowest BCUT2D eigenvalue weighted by atomic mass is 9.77. The summed E-state index contributed by atoms with van der Waals surface area (Å²) >= 11 is 0. The quantitative estimate of drug-likeness (QED) is 0.149. The van der Waals surface area contributed by atoms with Crippen molar-refractivity contribution in [2.75, 3.05) is 4.90 Å². The Bertz CT molecular complexity index is 2990. The molecule has 0 aromatic heterocycles. The topological polar surface area (TPSA) is 3.24 Å². The molecule has 0 aliphatic heterocycles. The van der Waals surface area contributed by atoms with E-state index in [2.05, 4.69) is 230 Å². The van der Waals surface area contributed by atoms with Crippen molar-refractivity contribution < 1.29 is 0 Å². The minimum absolute atomic E-state index is 1.11. The Hall–Kier alpha value is -7.22. The normalized spacial score (nSPS) is 11.3. The van der Waals surface area contributed by atoms with Crippen LogP contribution >= 0.6 is 0 Å². The molecule has 264 valence electrons. The summed E-state index contributed by atoms with van der Waals surface area (Å²) in [4.78, 5) is 2.39. The van der Waals surface area contributed by atoms with Crippen molar-refractivity contribution >= 4 is 49.4 Å². The third kappa shape index (κ3) is 5.73. The van der Waals surface area contributed by atoms with Gasteiger partial charge in [0, 0.05) is 17.1 Å². The lowest BCUT2D eigenvalue weighted by Gasteiger charge is -2.28. The average Bonchev–Trinajstić information content (AvgIpc) is 3.26. The van der Waals surface area contributed by atoms with E-state index < -0.39 is 0 Å². The van der Waals surface area contributed by atoms with Crippen LogP contribution in [-0.2, 0) is 0 Å². The van der Waals surface area contributed by atoms with E-state index in [1.54, 1.807) is 0 Å². The number of rotatable bonds is 7. The molecule has 0 radical (unpaired) electrons. The number of benzene rings is 10. The summed E-state index contributed by atoms with van der Waals surface area (Å²) in [5.74, 6) is 0. The first-order valence-electron chi connectivity index (χ1n) is 19.4. The second-order valence-electron chi connectivity index (χ2n) is 14.5.